The second kappa shape index (κ2) is 11.0. The first kappa shape index (κ1) is 27.8. The first-order chi connectivity index (χ1) is 19.6. The van der Waals surface area contributed by atoms with Gasteiger partial charge < -0.3 is 19.8 Å². The monoisotopic (exact) mass is 566 g/mol. The van der Waals surface area contributed by atoms with Crippen LogP contribution in [0.5, 0.6) is 0 Å². The van der Waals surface area contributed by atoms with Gasteiger partial charge in [-0.05, 0) is 42.0 Å². The predicted octanol–water partition coefficient (Wildman–Crippen LogP) is 4.04. The van der Waals surface area contributed by atoms with Gasteiger partial charge in [0.15, 0.2) is 5.58 Å². The van der Waals surface area contributed by atoms with E-state index in [-0.39, 0.29) is 42.2 Å². The zero-order chi connectivity index (χ0) is 29.3. The zero-order valence-electron chi connectivity index (χ0n) is 21.8. The second-order valence-electron chi connectivity index (χ2n) is 9.53. The lowest BCUT2D eigenvalue weighted by molar-refractivity contribution is -0.149. The summed E-state index contributed by atoms with van der Waals surface area (Å²) in [7, 11) is 1.28. The van der Waals surface area contributed by atoms with E-state index in [1.807, 2.05) is 6.07 Å². The van der Waals surface area contributed by atoms with Crippen LogP contribution in [0.3, 0.4) is 0 Å². The molecule has 1 saturated heterocycles. The number of amides is 2. The summed E-state index contributed by atoms with van der Waals surface area (Å²) in [6.07, 6.45) is -4.53. The van der Waals surface area contributed by atoms with E-state index < -0.39 is 41.6 Å². The minimum atomic E-state index is -4.53. The highest BCUT2D eigenvalue weighted by atomic mass is 19.4. The van der Waals surface area contributed by atoms with Crippen LogP contribution < -0.4 is 5.73 Å². The van der Waals surface area contributed by atoms with Gasteiger partial charge in [-0.3, -0.25) is 14.5 Å². The molecule has 2 atom stereocenters. The Morgan fingerprint density at radius 2 is 1.78 bits per heavy atom. The van der Waals surface area contributed by atoms with Crippen LogP contribution in [0.1, 0.15) is 27.5 Å². The quantitative estimate of drug-likeness (QED) is 0.350. The molecule has 0 bridgehead atoms. The van der Waals surface area contributed by atoms with E-state index in [9.17, 15) is 27.6 Å². The van der Waals surface area contributed by atoms with Gasteiger partial charge in [-0.15, -0.1) is 0 Å². The van der Waals surface area contributed by atoms with Crippen LogP contribution in [-0.2, 0) is 20.5 Å². The summed E-state index contributed by atoms with van der Waals surface area (Å²) in [5.41, 5.74) is 6.28. The number of carbonyl (C=O) groups is 3. The third-order valence-electron chi connectivity index (χ3n) is 6.98. The second-order valence-corrected chi connectivity index (χ2v) is 9.53. The Hall–Kier alpha value is -4.71. The topological polar surface area (TPSA) is 119 Å². The molecule has 12 heteroatoms. The van der Waals surface area contributed by atoms with Crippen molar-refractivity contribution in [2.24, 2.45) is 5.73 Å². The molecule has 0 unspecified atom stereocenters. The molecule has 1 aromatic heterocycles. The van der Waals surface area contributed by atoms with E-state index in [4.69, 9.17) is 14.9 Å². The molecule has 0 aliphatic carbocycles. The number of piperazine rings is 1. The van der Waals surface area contributed by atoms with Gasteiger partial charge in [0.05, 0.1) is 12.7 Å². The van der Waals surface area contributed by atoms with Crippen molar-refractivity contribution in [1.29, 1.82) is 0 Å². The summed E-state index contributed by atoms with van der Waals surface area (Å²) in [6.45, 7) is 0.360. The fraction of sp³-hybridized carbons (Fsp3) is 0.241. The molecule has 0 radical (unpaired) electrons. The largest absolute Gasteiger partial charge is 0.468 e. The summed E-state index contributed by atoms with van der Waals surface area (Å²) in [6, 6.07) is 16.3. The summed E-state index contributed by atoms with van der Waals surface area (Å²) in [5.74, 6) is -1.70. The summed E-state index contributed by atoms with van der Waals surface area (Å²) in [4.78, 5) is 46.1. The van der Waals surface area contributed by atoms with Crippen LogP contribution in [0.2, 0.25) is 0 Å². The van der Waals surface area contributed by atoms with Crippen LogP contribution in [0.15, 0.2) is 77.2 Å². The van der Waals surface area contributed by atoms with Crippen LogP contribution in [0, 0.1) is 0 Å². The van der Waals surface area contributed by atoms with Gasteiger partial charge in [-0.2, -0.15) is 13.2 Å². The smallest absolute Gasteiger partial charge is 0.416 e. The van der Waals surface area contributed by atoms with Gasteiger partial charge in [-0.1, -0.05) is 36.4 Å². The van der Waals surface area contributed by atoms with Crippen molar-refractivity contribution in [3.05, 3.63) is 89.5 Å². The number of benzene rings is 3. The number of nitrogens with two attached hydrogens (primary N) is 1. The molecular weight excluding hydrogens is 541 g/mol. The number of rotatable bonds is 6. The third kappa shape index (κ3) is 5.64. The fourth-order valence-electron chi connectivity index (χ4n) is 4.95. The number of oxazole rings is 1. The molecule has 0 spiro atoms. The highest BCUT2D eigenvalue weighted by Crippen LogP contribution is 2.33. The molecule has 5 rings (SSSR count). The number of esters is 1. The Morgan fingerprint density at radius 3 is 2.46 bits per heavy atom. The van der Waals surface area contributed by atoms with Crippen LogP contribution in [0.4, 0.5) is 13.2 Å². The van der Waals surface area contributed by atoms with Crippen molar-refractivity contribution in [2.45, 2.75) is 18.3 Å². The minimum absolute atomic E-state index is 0.00208. The molecule has 212 valence electrons. The molecule has 1 fully saturated rings. The molecule has 2 amide bonds. The number of nitrogens with zero attached hydrogens (tertiary/aromatic N) is 3. The Morgan fingerprint density at radius 1 is 1.02 bits per heavy atom. The van der Waals surface area contributed by atoms with Crippen LogP contribution in [0.25, 0.3) is 22.6 Å². The van der Waals surface area contributed by atoms with E-state index in [0.717, 1.165) is 12.1 Å². The lowest BCUT2D eigenvalue weighted by Gasteiger charge is -2.42. The van der Waals surface area contributed by atoms with E-state index in [0.29, 0.717) is 11.1 Å². The number of fused-ring (bicyclic) bond motifs is 1. The SMILES string of the molecule is COC(=O)[C@H](c1ccccc1)N1CCN(C(=O)c2cccc(-c3nc4cc(C(F)(F)F)ccc4o3)c2)[C@H](C(N)=O)C1. The van der Waals surface area contributed by atoms with Gasteiger partial charge in [0.1, 0.15) is 17.6 Å². The van der Waals surface area contributed by atoms with E-state index >= 15 is 0 Å². The number of hydrogen-bond donors (Lipinski definition) is 1. The predicted molar refractivity (Wildman–Crippen MR) is 141 cm³/mol. The first-order valence-electron chi connectivity index (χ1n) is 12.6. The molecule has 1 aliphatic rings. The van der Waals surface area contributed by atoms with Gasteiger partial charge in [0, 0.05) is 30.8 Å². The number of ether oxygens (including phenoxy) is 1. The highest BCUT2D eigenvalue weighted by Gasteiger charge is 2.40. The maximum absolute atomic E-state index is 13.6. The van der Waals surface area contributed by atoms with Crippen LogP contribution >= 0.6 is 0 Å². The van der Waals surface area contributed by atoms with Gasteiger partial charge in [-0.25, -0.2) is 9.78 Å². The lowest BCUT2D eigenvalue weighted by atomic mass is 10.0. The molecule has 41 heavy (non-hydrogen) atoms. The van der Waals surface area contributed by atoms with Crippen molar-refractivity contribution in [1.82, 2.24) is 14.8 Å². The molecule has 4 aromatic rings. The van der Waals surface area contributed by atoms with Gasteiger partial charge in [0.2, 0.25) is 11.8 Å². The van der Waals surface area contributed by atoms with E-state index in [1.165, 1.54) is 24.1 Å². The Labute approximate surface area is 232 Å². The average molecular weight is 567 g/mol. The van der Waals surface area contributed by atoms with E-state index in [2.05, 4.69) is 4.98 Å². The lowest BCUT2D eigenvalue weighted by Crippen LogP contribution is -2.61. The normalized spacial score (nSPS) is 16.9. The number of alkyl halides is 3. The Balaban J connectivity index is 1.40. The minimum Gasteiger partial charge on any atom is -0.468 e. The van der Waals surface area contributed by atoms with Crippen LogP contribution in [-0.4, -0.2) is 65.4 Å². The maximum Gasteiger partial charge on any atom is 0.416 e. The summed E-state index contributed by atoms with van der Waals surface area (Å²) < 4.78 is 50.0. The maximum atomic E-state index is 13.6. The summed E-state index contributed by atoms with van der Waals surface area (Å²) >= 11 is 0. The Bertz CT molecular complexity index is 1610. The van der Waals surface area contributed by atoms with Gasteiger partial charge >= 0.3 is 12.1 Å². The standard InChI is InChI=1S/C29H25F3N4O5/c1-40-28(39)24(17-6-3-2-4-7-17)35-12-13-36(22(16-35)25(33)37)27(38)19-9-5-8-18(14-19)26-34-21-15-20(29(30,31)32)10-11-23(21)41-26/h2-11,14-15,22,24H,12-13,16H2,1H3,(H2,33,37)/t22-,24-/m0/s1. The van der Waals surface area contributed by atoms with Crippen molar-refractivity contribution in [3.8, 4) is 11.5 Å². The molecule has 2 N–H and O–H groups in total. The number of hydrogen-bond acceptors (Lipinski definition) is 7. The molecule has 0 saturated carbocycles. The number of halogens is 3. The van der Waals surface area contributed by atoms with Crippen molar-refractivity contribution >= 4 is 28.9 Å². The van der Waals surface area contributed by atoms with Crippen molar-refractivity contribution in [2.75, 3.05) is 26.7 Å². The fourth-order valence-corrected chi connectivity index (χ4v) is 4.95. The average Bonchev–Trinajstić information content (AvgIpc) is 3.41. The zero-order valence-corrected chi connectivity index (χ0v) is 21.8. The highest BCUT2D eigenvalue weighted by molar-refractivity contribution is 5.98. The summed E-state index contributed by atoms with van der Waals surface area (Å²) in [5, 5.41) is 0. The molecule has 1 aliphatic heterocycles. The number of carbonyl (C=O) groups excluding carboxylic acids is 3. The van der Waals surface area contributed by atoms with Crippen molar-refractivity contribution in [3.63, 3.8) is 0 Å². The first-order valence-corrected chi connectivity index (χ1v) is 12.6. The number of methoxy groups -OCH3 is 1. The van der Waals surface area contributed by atoms with Gasteiger partial charge in [0.25, 0.3) is 5.91 Å². The van der Waals surface area contributed by atoms with E-state index in [1.54, 1.807) is 47.4 Å². The molecule has 2 heterocycles. The number of primary amides is 1. The molecular formula is C29H25F3N4O5. The van der Waals surface area contributed by atoms with Crippen molar-refractivity contribution < 1.29 is 36.7 Å². The molecule has 9 nitrogen and oxygen atoms in total. The third-order valence-corrected chi connectivity index (χ3v) is 6.98. The Kier molecular flexibility index (Phi) is 7.50. The number of aromatic nitrogens is 1. The molecule has 3 aromatic carbocycles.